The molecule has 1 aromatic heterocycles. The number of likely N-dealkylation sites (tertiary alicyclic amines) is 1. The van der Waals surface area contributed by atoms with E-state index in [1.54, 1.807) is 0 Å². The summed E-state index contributed by atoms with van der Waals surface area (Å²) < 4.78 is 7.38. The third-order valence-electron chi connectivity index (χ3n) is 6.80. The molecule has 1 saturated carbocycles. The predicted molar refractivity (Wildman–Crippen MR) is 104 cm³/mol. The van der Waals surface area contributed by atoms with E-state index in [9.17, 15) is 5.11 Å². The van der Waals surface area contributed by atoms with E-state index >= 15 is 0 Å². The van der Waals surface area contributed by atoms with Gasteiger partial charge in [0.25, 0.3) is 0 Å². The monoisotopic (exact) mass is 481 g/mol. The van der Waals surface area contributed by atoms with E-state index in [1.807, 2.05) is 36.4 Å². The largest absolute Gasteiger partial charge is 1.00 e. The maximum absolute atomic E-state index is 12.0. The predicted octanol–water partition coefficient (Wildman–Crippen LogP) is 2.01. The molecule has 0 radical (unpaired) electrons. The Labute approximate surface area is 180 Å². The van der Waals surface area contributed by atoms with Gasteiger partial charge in [0, 0.05) is 12.8 Å². The quantitative estimate of drug-likeness (QED) is 0.536. The fraction of sp³-hybridized carbons (Fsp3) is 0.565. The van der Waals surface area contributed by atoms with Crippen LogP contribution in [0.4, 0.5) is 0 Å². The minimum absolute atomic E-state index is 0. The van der Waals surface area contributed by atoms with E-state index in [0.717, 1.165) is 40.8 Å². The molecule has 1 N–H and O–H groups in total. The van der Waals surface area contributed by atoms with Gasteiger partial charge in [-0.05, 0) is 36.5 Å². The number of benzene rings is 1. The Bertz CT molecular complexity index is 736. The van der Waals surface area contributed by atoms with Gasteiger partial charge < -0.3 is 38.0 Å². The number of nitrogens with zero attached hydrogens (tertiary/aromatic N) is 1. The molecule has 2 fully saturated rings. The summed E-state index contributed by atoms with van der Waals surface area (Å²) in [4.78, 5) is 0. The van der Waals surface area contributed by atoms with Crippen LogP contribution in [-0.2, 0) is 5.60 Å². The number of rotatable bonds is 4. The second-order valence-corrected chi connectivity index (χ2v) is 8.83. The third-order valence-corrected chi connectivity index (χ3v) is 6.80. The molecule has 2 heterocycles. The lowest BCUT2D eigenvalue weighted by molar-refractivity contribution is -0.909. The lowest BCUT2D eigenvalue weighted by atomic mass is 9.72. The van der Waals surface area contributed by atoms with Crippen molar-refractivity contribution in [2.75, 3.05) is 20.6 Å². The van der Waals surface area contributed by atoms with Crippen LogP contribution in [0.3, 0.4) is 0 Å². The normalized spacial score (nSPS) is 24.9. The summed E-state index contributed by atoms with van der Waals surface area (Å²) >= 11 is 0. The molecule has 1 saturated heterocycles. The molecule has 148 valence electrons. The SMILES string of the molecule is C[N+]1(C)CCC[C@H]1c1ccc([C@@](O)(c2ccccc2)C2CCCCC2)o1.[I-]. The maximum Gasteiger partial charge on any atom is 0.161 e. The second kappa shape index (κ2) is 8.26. The van der Waals surface area contributed by atoms with Crippen molar-refractivity contribution in [3.63, 3.8) is 0 Å². The minimum Gasteiger partial charge on any atom is -1.00 e. The van der Waals surface area contributed by atoms with Gasteiger partial charge >= 0.3 is 0 Å². The summed E-state index contributed by atoms with van der Waals surface area (Å²) in [6.45, 7) is 1.19. The van der Waals surface area contributed by atoms with Crippen molar-refractivity contribution in [3.8, 4) is 0 Å². The molecule has 2 aliphatic rings. The Kier molecular flexibility index (Phi) is 6.38. The fourth-order valence-corrected chi connectivity index (χ4v) is 5.21. The Balaban J connectivity index is 0.00000210. The molecular formula is C23H32INO2. The van der Waals surface area contributed by atoms with Gasteiger partial charge in [0.05, 0.1) is 20.6 Å². The van der Waals surface area contributed by atoms with Gasteiger partial charge in [-0.25, -0.2) is 0 Å². The van der Waals surface area contributed by atoms with Gasteiger partial charge in [-0.15, -0.1) is 0 Å². The standard InChI is InChI=1S/C23H32NO2.HI/c1-24(2)17-9-14-20(24)21-15-16-22(26-21)23(25,18-10-5-3-6-11-18)19-12-7-4-8-13-19;/h3,5-6,10-11,15-16,19-20,25H,4,7-9,12-14,17H2,1-2H3;1H/q+1;/p-1/t20-,23+;/m0./s1. The minimum atomic E-state index is -1.02. The highest BCUT2D eigenvalue weighted by Crippen LogP contribution is 2.46. The van der Waals surface area contributed by atoms with E-state index in [1.165, 1.54) is 32.2 Å². The average Bonchev–Trinajstić information content (AvgIpc) is 3.28. The van der Waals surface area contributed by atoms with E-state index < -0.39 is 5.60 Å². The summed E-state index contributed by atoms with van der Waals surface area (Å²) in [5.41, 5.74) is -0.0525. The fourth-order valence-electron chi connectivity index (χ4n) is 5.21. The van der Waals surface area contributed by atoms with E-state index in [2.05, 4.69) is 20.2 Å². The number of furan rings is 1. The topological polar surface area (TPSA) is 33.4 Å². The first-order valence-corrected chi connectivity index (χ1v) is 10.2. The zero-order valence-corrected chi connectivity index (χ0v) is 18.7. The van der Waals surface area contributed by atoms with Crippen molar-refractivity contribution in [2.45, 2.75) is 56.6 Å². The summed E-state index contributed by atoms with van der Waals surface area (Å²) in [5.74, 6) is 1.99. The molecule has 3 nitrogen and oxygen atoms in total. The molecule has 0 amide bonds. The van der Waals surface area contributed by atoms with Crippen molar-refractivity contribution in [2.24, 2.45) is 5.92 Å². The van der Waals surface area contributed by atoms with Crippen LogP contribution in [0.1, 0.15) is 68.1 Å². The molecule has 4 heteroatoms. The van der Waals surface area contributed by atoms with Gasteiger partial charge in [0.2, 0.25) is 0 Å². The number of halogens is 1. The number of quaternary nitrogens is 1. The van der Waals surface area contributed by atoms with Crippen molar-refractivity contribution in [3.05, 3.63) is 59.5 Å². The molecular weight excluding hydrogens is 449 g/mol. The van der Waals surface area contributed by atoms with Crippen LogP contribution in [-0.4, -0.2) is 30.2 Å². The highest BCUT2D eigenvalue weighted by molar-refractivity contribution is 5.33. The first-order chi connectivity index (χ1) is 12.5. The van der Waals surface area contributed by atoms with Crippen LogP contribution < -0.4 is 24.0 Å². The molecule has 2 aromatic rings. The summed E-state index contributed by atoms with van der Waals surface area (Å²) in [5, 5.41) is 12.0. The van der Waals surface area contributed by atoms with Crippen LogP contribution in [0.2, 0.25) is 0 Å². The van der Waals surface area contributed by atoms with Crippen LogP contribution in [0.5, 0.6) is 0 Å². The van der Waals surface area contributed by atoms with E-state index in [-0.39, 0.29) is 29.9 Å². The second-order valence-electron chi connectivity index (χ2n) is 8.83. The summed E-state index contributed by atoms with van der Waals surface area (Å²) in [6.07, 6.45) is 8.18. The zero-order valence-electron chi connectivity index (χ0n) is 16.5. The molecule has 1 aliphatic heterocycles. The first kappa shape index (κ1) is 20.9. The molecule has 0 unspecified atom stereocenters. The molecule has 1 aliphatic carbocycles. The Morgan fingerprint density at radius 2 is 1.63 bits per heavy atom. The third kappa shape index (κ3) is 3.85. The van der Waals surface area contributed by atoms with Crippen molar-refractivity contribution in [1.29, 1.82) is 0 Å². The lowest BCUT2D eigenvalue weighted by Gasteiger charge is -2.37. The molecule has 0 bridgehead atoms. The Morgan fingerprint density at radius 1 is 0.926 bits per heavy atom. The van der Waals surface area contributed by atoms with Gasteiger partial charge in [-0.3, -0.25) is 0 Å². The van der Waals surface area contributed by atoms with Gasteiger partial charge in [-0.1, -0.05) is 49.6 Å². The van der Waals surface area contributed by atoms with Crippen molar-refractivity contribution in [1.82, 2.24) is 0 Å². The molecule has 27 heavy (non-hydrogen) atoms. The number of hydrogen-bond acceptors (Lipinski definition) is 2. The summed E-state index contributed by atoms with van der Waals surface area (Å²) in [7, 11) is 4.56. The number of aliphatic hydroxyl groups is 1. The highest BCUT2D eigenvalue weighted by Gasteiger charge is 2.45. The van der Waals surface area contributed by atoms with E-state index in [4.69, 9.17) is 4.42 Å². The van der Waals surface area contributed by atoms with Crippen LogP contribution >= 0.6 is 0 Å². The molecule has 4 rings (SSSR count). The van der Waals surface area contributed by atoms with Crippen molar-refractivity contribution >= 4 is 0 Å². The highest BCUT2D eigenvalue weighted by atomic mass is 127. The first-order valence-electron chi connectivity index (χ1n) is 10.2. The van der Waals surface area contributed by atoms with Crippen LogP contribution in [0.25, 0.3) is 0 Å². The number of hydrogen-bond donors (Lipinski definition) is 1. The molecule has 0 spiro atoms. The van der Waals surface area contributed by atoms with Gasteiger partial charge in [-0.2, -0.15) is 0 Å². The maximum atomic E-state index is 12.0. The van der Waals surface area contributed by atoms with Crippen molar-refractivity contribution < 1.29 is 38.0 Å². The Morgan fingerprint density at radius 3 is 2.26 bits per heavy atom. The molecule has 1 aromatic carbocycles. The van der Waals surface area contributed by atoms with Gasteiger partial charge in [0.15, 0.2) is 5.76 Å². The summed E-state index contributed by atoms with van der Waals surface area (Å²) in [6, 6.07) is 14.7. The van der Waals surface area contributed by atoms with Crippen LogP contribution in [0, 0.1) is 5.92 Å². The lowest BCUT2D eigenvalue weighted by Crippen LogP contribution is -3.00. The molecule has 2 atom stereocenters. The van der Waals surface area contributed by atoms with E-state index in [0.29, 0.717) is 6.04 Å². The average molecular weight is 481 g/mol. The smallest absolute Gasteiger partial charge is 0.161 e. The van der Waals surface area contributed by atoms with Gasteiger partial charge in [0.1, 0.15) is 17.4 Å². The zero-order chi connectivity index (χ0) is 18.2. The Hall–Kier alpha value is -0.850. The van der Waals surface area contributed by atoms with Crippen LogP contribution in [0.15, 0.2) is 46.9 Å².